The first kappa shape index (κ1) is 17.3. The molecule has 2 saturated heterocycles. The van der Waals surface area contributed by atoms with E-state index < -0.39 is 0 Å². The molecule has 2 heterocycles. The van der Waals surface area contributed by atoms with E-state index in [1.54, 1.807) is 0 Å². The first-order valence-corrected chi connectivity index (χ1v) is 9.61. The molecule has 0 radical (unpaired) electrons. The van der Waals surface area contributed by atoms with Crippen molar-refractivity contribution < 1.29 is 14.3 Å². The average molecular weight is 357 g/mol. The Kier molecular flexibility index (Phi) is 4.85. The predicted octanol–water partition coefficient (Wildman–Crippen LogP) is 2.00. The Balaban J connectivity index is 1.45. The monoisotopic (exact) mass is 357 g/mol. The minimum absolute atomic E-state index is 0.0961. The maximum Gasteiger partial charge on any atom is 0.317 e. The van der Waals surface area contributed by atoms with E-state index >= 15 is 0 Å². The van der Waals surface area contributed by atoms with Gasteiger partial charge < -0.3 is 19.9 Å². The third-order valence-electron chi connectivity index (χ3n) is 5.75. The number of amides is 3. The van der Waals surface area contributed by atoms with Crippen LogP contribution in [0, 0.1) is 5.92 Å². The molecule has 1 aromatic rings. The summed E-state index contributed by atoms with van der Waals surface area (Å²) < 4.78 is 5.68. The fourth-order valence-corrected chi connectivity index (χ4v) is 4.00. The fraction of sp³-hybridized carbons (Fsp3) is 0.600. The zero-order valence-electron chi connectivity index (χ0n) is 15.2. The van der Waals surface area contributed by atoms with Crippen molar-refractivity contribution in [3.63, 3.8) is 0 Å². The number of rotatable bonds is 4. The highest BCUT2D eigenvalue weighted by Crippen LogP contribution is 2.36. The number of hydrogen-bond acceptors (Lipinski definition) is 3. The number of ether oxygens (including phenoxy) is 1. The van der Waals surface area contributed by atoms with Gasteiger partial charge in [-0.05, 0) is 30.7 Å². The first-order chi connectivity index (χ1) is 12.7. The highest BCUT2D eigenvalue weighted by molar-refractivity contribution is 5.80. The summed E-state index contributed by atoms with van der Waals surface area (Å²) in [6.07, 6.45) is 3.63. The molecular formula is C20H27N3O3. The van der Waals surface area contributed by atoms with Crippen molar-refractivity contribution >= 4 is 11.9 Å². The molecule has 1 N–H and O–H groups in total. The molecule has 3 amide bonds. The van der Waals surface area contributed by atoms with Gasteiger partial charge in [-0.1, -0.05) is 30.3 Å². The number of carbonyl (C=O) groups is 2. The third-order valence-corrected chi connectivity index (χ3v) is 5.75. The quantitative estimate of drug-likeness (QED) is 0.897. The maximum absolute atomic E-state index is 12.8. The molecule has 0 aromatic heterocycles. The third kappa shape index (κ3) is 3.70. The molecule has 1 aliphatic carbocycles. The largest absolute Gasteiger partial charge is 0.379 e. The zero-order chi connectivity index (χ0) is 18.0. The summed E-state index contributed by atoms with van der Waals surface area (Å²) in [7, 11) is 0. The van der Waals surface area contributed by atoms with E-state index in [1.807, 2.05) is 40.1 Å². The van der Waals surface area contributed by atoms with Crippen LogP contribution in [0.2, 0.25) is 0 Å². The van der Waals surface area contributed by atoms with E-state index in [0.29, 0.717) is 45.2 Å². The Morgan fingerprint density at radius 1 is 1.27 bits per heavy atom. The second kappa shape index (κ2) is 7.27. The molecule has 1 spiro atoms. The topological polar surface area (TPSA) is 61.9 Å². The highest BCUT2D eigenvalue weighted by atomic mass is 16.5. The fourth-order valence-electron chi connectivity index (χ4n) is 4.00. The van der Waals surface area contributed by atoms with Crippen molar-refractivity contribution in [3.05, 3.63) is 35.9 Å². The summed E-state index contributed by atoms with van der Waals surface area (Å²) in [6, 6.07) is 9.79. The van der Waals surface area contributed by atoms with Gasteiger partial charge in [0.1, 0.15) is 0 Å². The lowest BCUT2D eigenvalue weighted by molar-refractivity contribution is -0.136. The van der Waals surface area contributed by atoms with Gasteiger partial charge in [0.15, 0.2) is 0 Å². The molecule has 2 aliphatic heterocycles. The van der Waals surface area contributed by atoms with Crippen LogP contribution in [-0.2, 0) is 16.1 Å². The van der Waals surface area contributed by atoms with Crippen LogP contribution in [0.4, 0.5) is 4.79 Å². The predicted molar refractivity (Wildman–Crippen MR) is 97.5 cm³/mol. The summed E-state index contributed by atoms with van der Waals surface area (Å²) in [5.74, 6) is 0.802. The second-order valence-corrected chi connectivity index (χ2v) is 7.79. The average Bonchev–Trinajstić information content (AvgIpc) is 3.39. The summed E-state index contributed by atoms with van der Waals surface area (Å²) in [4.78, 5) is 29.4. The smallest absolute Gasteiger partial charge is 0.317 e. The van der Waals surface area contributed by atoms with Crippen LogP contribution in [0.15, 0.2) is 30.3 Å². The van der Waals surface area contributed by atoms with Gasteiger partial charge in [0, 0.05) is 39.2 Å². The van der Waals surface area contributed by atoms with Crippen LogP contribution in [0.3, 0.4) is 0 Å². The van der Waals surface area contributed by atoms with Crippen molar-refractivity contribution in [1.29, 1.82) is 0 Å². The molecule has 3 aliphatic rings. The maximum atomic E-state index is 12.8. The minimum Gasteiger partial charge on any atom is -0.379 e. The summed E-state index contributed by atoms with van der Waals surface area (Å²) in [5.41, 5.74) is 0.723. The van der Waals surface area contributed by atoms with Crippen LogP contribution in [0.1, 0.15) is 31.2 Å². The summed E-state index contributed by atoms with van der Waals surface area (Å²) in [6.45, 7) is 3.55. The lowest BCUT2D eigenvalue weighted by atomic mass is 9.95. The van der Waals surface area contributed by atoms with Crippen LogP contribution < -0.4 is 5.32 Å². The molecule has 4 rings (SSSR count). The lowest BCUT2D eigenvalue weighted by Crippen LogP contribution is -2.58. The summed E-state index contributed by atoms with van der Waals surface area (Å²) >= 11 is 0. The zero-order valence-corrected chi connectivity index (χ0v) is 15.2. The number of carbonyl (C=O) groups excluding carboxylic acids is 2. The van der Waals surface area contributed by atoms with E-state index in [1.165, 1.54) is 12.8 Å². The number of nitrogens with one attached hydrogen (secondary N) is 1. The van der Waals surface area contributed by atoms with Crippen molar-refractivity contribution in [2.45, 2.75) is 37.8 Å². The Morgan fingerprint density at radius 3 is 2.77 bits per heavy atom. The van der Waals surface area contributed by atoms with Gasteiger partial charge in [0.05, 0.1) is 12.1 Å². The van der Waals surface area contributed by atoms with Gasteiger partial charge in [-0.3, -0.25) is 4.79 Å². The lowest BCUT2D eigenvalue weighted by Gasteiger charge is -2.40. The number of benzene rings is 1. The van der Waals surface area contributed by atoms with Gasteiger partial charge in [0.2, 0.25) is 5.91 Å². The Morgan fingerprint density at radius 2 is 2.08 bits per heavy atom. The van der Waals surface area contributed by atoms with Crippen LogP contribution in [0.5, 0.6) is 0 Å². The molecule has 0 bridgehead atoms. The van der Waals surface area contributed by atoms with E-state index in [2.05, 4.69) is 5.32 Å². The number of nitrogens with zero attached hydrogens (tertiary/aromatic N) is 2. The molecule has 26 heavy (non-hydrogen) atoms. The van der Waals surface area contributed by atoms with Crippen molar-refractivity contribution in [3.8, 4) is 0 Å². The number of urea groups is 1. The van der Waals surface area contributed by atoms with E-state index in [0.717, 1.165) is 18.5 Å². The van der Waals surface area contributed by atoms with Gasteiger partial charge >= 0.3 is 6.03 Å². The molecule has 6 nitrogen and oxygen atoms in total. The second-order valence-electron chi connectivity index (χ2n) is 7.79. The molecule has 140 valence electrons. The van der Waals surface area contributed by atoms with Crippen LogP contribution >= 0.6 is 0 Å². The Labute approximate surface area is 154 Å². The van der Waals surface area contributed by atoms with Gasteiger partial charge in [-0.2, -0.15) is 0 Å². The molecule has 1 atom stereocenters. The standard InChI is InChI=1S/C20H27N3O3/c24-18-8-10-22(19(25)21-12-16-4-2-1-3-5-16)14-20(9-11-26-15-20)23(18)13-17-6-7-17/h1-5,17H,6-15H2,(H,21,25). The van der Waals surface area contributed by atoms with Crippen molar-refractivity contribution in [2.75, 3.05) is 32.8 Å². The van der Waals surface area contributed by atoms with Crippen LogP contribution in [-0.4, -0.2) is 60.1 Å². The number of hydrogen-bond donors (Lipinski definition) is 1. The molecule has 1 saturated carbocycles. The molecule has 3 fully saturated rings. The van der Waals surface area contributed by atoms with Crippen molar-refractivity contribution in [1.82, 2.24) is 15.1 Å². The highest BCUT2D eigenvalue weighted by Gasteiger charge is 2.48. The normalized spacial score (nSPS) is 26.2. The van der Waals surface area contributed by atoms with E-state index in [4.69, 9.17) is 4.74 Å². The molecule has 1 aromatic carbocycles. The Hall–Kier alpha value is -2.08. The van der Waals surface area contributed by atoms with Gasteiger partial charge in [-0.15, -0.1) is 0 Å². The van der Waals surface area contributed by atoms with Crippen LogP contribution in [0.25, 0.3) is 0 Å². The molecule has 1 unspecified atom stereocenters. The van der Waals surface area contributed by atoms with E-state index in [9.17, 15) is 9.59 Å². The van der Waals surface area contributed by atoms with Gasteiger partial charge in [0.25, 0.3) is 0 Å². The van der Waals surface area contributed by atoms with Gasteiger partial charge in [-0.25, -0.2) is 4.79 Å². The minimum atomic E-state index is -0.347. The molecule has 6 heteroatoms. The van der Waals surface area contributed by atoms with E-state index in [-0.39, 0.29) is 17.5 Å². The van der Waals surface area contributed by atoms with Crippen molar-refractivity contribution in [2.24, 2.45) is 5.92 Å². The SMILES string of the molecule is O=C(NCc1ccccc1)N1CCC(=O)N(CC2CC2)C2(CCOC2)C1. The first-order valence-electron chi connectivity index (χ1n) is 9.61. The molecular weight excluding hydrogens is 330 g/mol. The summed E-state index contributed by atoms with van der Waals surface area (Å²) in [5, 5.41) is 3.00. The Bertz CT molecular complexity index is 654.